The number of hydrogen-bond donors (Lipinski definition) is 1. The van der Waals surface area contributed by atoms with E-state index >= 15 is 0 Å². The normalized spacial score (nSPS) is 20.6. The fourth-order valence-corrected chi connectivity index (χ4v) is 6.21. The van der Waals surface area contributed by atoms with Crippen LogP contribution in [0.15, 0.2) is 30.3 Å². The second-order valence-electron chi connectivity index (χ2n) is 10.9. The van der Waals surface area contributed by atoms with Gasteiger partial charge in [-0.05, 0) is 73.4 Å². The van der Waals surface area contributed by atoms with E-state index in [1.54, 1.807) is 13.2 Å². The minimum Gasteiger partial charge on any atom is -0.493 e. The van der Waals surface area contributed by atoms with Crippen molar-refractivity contribution in [3.63, 3.8) is 0 Å². The molecule has 2 amide bonds. The molecule has 2 aliphatic heterocycles. The predicted molar refractivity (Wildman–Crippen MR) is 150 cm³/mol. The highest BCUT2D eigenvalue weighted by molar-refractivity contribution is 6.31. The number of anilines is 1. The van der Waals surface area contributed by atoms with Gasteiger partial charge < -0.3 is 19.6 Å². The van der Waals surface area contributed by atoms with E-state index in [0.717, 1.165) is 36.2 Å². The van der Waals surface area contributed by atoms with Gasteiger partial charge in [-0.2, -0.15) is 0 Å². The third kappa shape index (κ3) is 6.59. The van der Waals surface area contributed by atoms with Crippen LogP contribution in [0.3, 0.4) is 0 Å². The number of carbonyl (C=O) groups is 3. The van der Waals surface area contributed by atoms with Crippen LogP contribution >= 0.6 is 11.6 Å². The number of nitrogens with zero attached hydrogens (tertiary/aromatic N) is 3. The summed E-state index contributed by atoms with van der Waals surface area (Å²) in [5.74, 6) is -0.408. The Kier molecular flexibility index (Phi) is 8.99. The first-order valence-electron chi connectivity index (χ1n) is 14.1. The third-order valence-corrected chi connectivity index (χ3v) is 8.61. The highest BCUT2D eigenvalue weighted by Gasteiger charge is 2.32. The Morgan fingerprint density at radius 3 is 2.49 bits per heavy atom. The van der Waals surface area contributed by atoms with Crippen molar-refractivity contribution in [2.45, 2.75) is 51.5 Å². The maximum atomic E-state index is 14.2. The number of imide groups is 1. The molecule has 1 N–H and O–H groups in total. The first-order chi connectivity index (χ1) is 19.7. The van der Waals surface area contributed by atoms with Crippen LogP contribution < -0.4 is 14.5 Å². The largest absolute Gasteiger partial charge is 0.493 e. The molecule has 1 saturated carbocycles. The Hall–Kier alpha value is -3.37. The van der Waals surface area contributed by atoms with Crippen LogP contribution in [0.25, 0.3) is 0 Å². The molecule has 2 aromatic rings. The summed E-state index contributed by atoms with van der Waals surface area (Å²) >= 11 is 6.17. The quantitative estimate of drug-likeness (QED) is 0.378. The van der Waals surface area contributed by atoms with Crippen molar-refractivity contribution >= 4 is 35.1 Å². The molecule has 5 rings (SSSR count). The van der Waals surface area contributed by atoms with Crippen LogP contribution in [0.1, 0.15) is 49.7 Å². The van der Waals surface area contributed by atoms with E-state index in [2.05, 4.69) is 10.0 Å². The summed E-state index contributed by atoms with van der Waals surface area (Å²) in [5, 5.41) is 13.9. The van der Waals surface area contributed by atoms with Crippen molar-refractivity contribution in [3.05, 3.63) is 52.3 Å². The molecule has 2 heterocycles. The third-order valence-electron chi connectivity index (χ3n) is 8.32. The first kappa shape index (κ1) is 29.1. The molecule has 0 spiro atoms. The van der Waals surface area contributed by atoms with E-state index < -0.39 is 11.8 Å². The average Bonchev–Trinajstić information content (AvgIpc) is 3.51. The number of halogens is 2. The molecule has 220 valence electrons. The van der Waals surface area contributed by atoms with Gasteiger partial charge in [0.1, 0.15) is 12.4 Å². The van der Waals surface area contributed by atoms with Crippen LogP contribution in [-0.4, -0.2) is 66.1 Å². The van der Waals surface area contributed by atoms with E-state index in [1.165, 1.54) is 11.0 Å². The summed E-state index contributed by atoms with van der Waals surface area (Å²) in [6, 6.07) is 8.87. The van der Waals surface area contributed by atoms with Crippen molar-refractivity contribution in [2.75, 3.05) is 38.4 Å². The number of aliphatic carboxylic acids is 1. The monoisotopic (exact) mass is 587 g/mol. The summed E-state index contributed by atoms with van der Waals surface area (Å²) in [6.45, 7) is 2.31. The van der Waals surface area contributed by atoms with Crippen molar-refractivity contribution in [2.24, 2.45) is 11.8 Å². The fourth-order valence-electron chi connectivity index (χ4n) is 6.06. The minimum absolute atomic E-state index is 0.0815. The molecule has 1 saturated heterocycles. The lowest BCUT2D eigenvalue weighted by atomic mass is 9.82. The Balaban J connectivity index is 1.31. The Morgan fingerprint density at radius 2 is 1.80 bits per heavy atom. The number of carboxylic acids is 1. The number of benzene rings is 2. The number of fused-ring (bicyclic) bond motifs is 1. The van der Waals surface area contributed by atoms with Crippen molar-refractivity contribution in [1.29, 1.82) is 0 Å². The molecule has 0 atom stereocenters. The van der Waals surface area contributed by atoms with E-state index in [1.807, 2.05) is 18.2 Å². The molecule has 0 bridgehead atoms. The zero-order valence-corrected chi connectivity index (χ0v) is 23.9. The van der Waals surface area contributed by atoms with E-state index in [4.69, 9.17) is 21.1 Å². The molecular formula is C30H35ClFN3O6. The van der Waals surface area contributed by atoms with Crippen molar-refractivity contribution < 1.29 is 33.4 Å². The summed E-state index contributed by atoms with van der Waals surface area (Å²) in [6.07, 6.45) is 4.18. The zero-order chi connectivity index (χ0) is 29.1. The molecule has 0 radical (unpaired) electrons. The van der Waals surface area contributed by atoms with Crippen LogP contribution in [0.5, 0.6) is 11.5 Å². The number of hydrazine groups is 1. The van der Waals surface area contributed by atoms with E-state index in [0.29, 0.717) is 49.8 Å². The van der Waals surface area contributed by atoms with Crippen molar-refractivity contribution in [3.8, 4) is 11.5 Å². The van der Waals surface area contributed by atoms with Crippen molar-refractivity contribution in [1.82, 2.24) is 9.91 Å². The molecule has 9 nitrogen and oxygen atoms in total. The van der Waals surface area contributed by atoms with E-state index in [9.17, 15) is 23.9 Å². The number of likely N-dealkylation sites (tertiary alicyclic amines) is 1. The second-order valence-corrected chi connectivity index (χ2v) is 11.4. The summed E-state index contributed by atoms with van der Waals surface area (Å²) in [5.41, 5.74) is 2.76. The molecule has 0 aromatic heterocycles. The van der Waals surface area contributed by atoms with Gasteiger partial charge in [0.15, 0.2) is 11.5 Å². The molecule has 41 heavy (non-hydrogen) atoms. The van der Waals surface area contributed by atoms with Gasteiger partial charge in [-0.15, -0.1) is 0 Å². The number of amides is 2. The molecule has 2 fully saturated rings. The highest BCUT2D eigenvalue weighted by Crippen LogP contribution is 2.37. The number of ether oxygens (including phenoxy) is 2. The maximum Gasteiger partial charge on any atom is 0.306 e. The summed E-state index contributed by atoms with van der Waals surface area (Å²) in [7, 11) is 1.56. The number of rotatable bonds is 11. The number of hydrogen-bond acceptors (Lipinski definition) is 7. The lowest BCUT2D eigenvalue weighted by molar-refractivity contribution is -0.143. The van der Waals surface area contributed by atoms with Gasteiger partial charge in [0.25, 0.3) is 0 Å². The fraction of sp³-hybridized carbons (Fsp3) is 0.500. The van der Waals surface area contributed by atoms with Gasteiger partial charge in [0.05, 0.1) is 30.3 Å². The van der Waals surface area contributed by atoms with Gasteiger partial charge in [-0.3, -0.25) is 19.3 Å². The SMILES string of the molecule is COc1cc(CN(CC2CCC(C(=O)O)CC2)N2CCc3cc(F)c(Cl)cc32)ccc1OCCN1C(=O)CCC1=O. The van der Waals surface area contributed by atoms with Gasteiger partial charge in [-0.1, -0.05) is 17.7 Å². The first-order valence-corrected chi connectivity index (χ1v) is 14.5. The van der Waals surface area contributed by atoms with Gasteiger partial charge in [0, 0.05) is 32.5 Å². The van der Waals surface area contributed by atoms with Crippen LogP contribution in [0.2, 0.25) is 5.02 Å². The average molecular weight is 588 g/mol. The Bertz CT molecular complexity index is 1300. The predicted octanol–water partition coefficient (Wildman–Crippen LogP) is 4.69. The number of carboxylic acid groups (broad SMARTS) is 1. The van der Waals surface area contributed by atoms with Gasteiger partial charge in [0.2, 0.25) is 11.8 Å². The van der Waals surface area contributed by atoms with Crippen LogP contribution in [-0.2, 0) is 27.3 Å². The minimum atomic E-state index is -0.724. The van der Waals surface area contributed by atoms with Gasteiger partial charge in [-0.25, -0.2) is 9.40 Å². The van der Waals surface area contributed by atoms with Crippen LogP contribution in [0.4, 0.5) is 10.1 Å². The second kappa shape index (κ2) is 12.7. The molecule has 0 unspecified atom stereocenters. The topological polar surface area (TPSA) is 99.6 Å². The maximum absolute atomic E-state index is 14.2. The lowest BCUT2D eigenvalue weighted by Crippen LogP contribution is -2.44. The standard InChI is InChI=1S/C30H35ClFN3O6/c1-40-27-14-20(4-7-26(27)41-13-12-34-28(36)8-9-29(34)37)18-33(17-19-2-5-21(6-3-19)30(38)39)35-11-10-22-15-24(32)23(31)16-25(22)35/h4,7,14-16,19,21H,2-3,5-6,8-13,17-18H2,1H3,(H,38,39). The molecule has 11 heteroatoms. The molecule has 1 aliphatic carbocycles. The highest BCUT2D eigenvalue weighted by atomic mass is 35.5. The summed E-state index contributed by atoms with van der Waals surface area (Å²) < 4.78 is 25.7. The van der Waals surface area contributed by atoms with Gasteiger partial charge >= 0.3 is 5.97 Å². The molecule has 2 aromatic carbocycles. The smallest absolute Gasteiger partial charge is 0.306 e. The number of carbonyl (C=O) groups excluding carboxylic acids is 2. The lowest BCUT2D eigenvalue weighted by Gasteiger charge is -2.38. The zero-order valence-electron chi connectivity index (χ0n) is 23.1. The molecule has 3 aliphatic rings. The Morgan fingerprint density at radius 1 is 1.07 bits per heavy atom. The van der Waals surface area contributed by atoms with E-state index in [-0.39, 0.29) is 48.7 Å². The van der Waals surface area contributed by atoms with Crippen LogP contribution in [0, 0.1) is 17.7 Å². The summed E-state index contributed by atoms with van der Waals surface area (Å²) in [4.78, 5) is 36.4. The Labute approximate surface area is 243 Å². The molecular weight excluding hydrogens is 553 g/mol. The number of methoxy groups -OCH3 is 1.